The Balaban J connectivity index is 1.41. The molecule has 4 amide bonds. The number of benzene rings is 2. The number of fused-ring (bicyclic) bond motifs is 2. The second-order valence-corrected chi connectivity index (χ2v) is 9.64. The number of hydrogen-bond donors (Lipinski definition) is 8. The van der Waals surface area contributed by atoms with E-state index in [-0.39, 0.29) is 12.8 Å². The van der Waals surface area contributed by atoms with Crippen LogP contribution in [0.1, 0.15) is 17.5 Å². The van der Waals surface area contributed by atoms with Gasteiger partial charge in [0.15, 0.2) is 0 Å². The van der Waals surface area contributed by atoms with E-state index in [0.717, 1.165) is 27.4 Å². The van der Waals surface area contributed by atoms with Crippen molar-refractivity contribution in [3.8, 4) is 0 Å². The summed E-state index contributed by atoms with van der Waals surface area (Å²) in [5.41, 5.74) is 14.5. The van der Waals surface area contributed by atoms with Gasteiger partial charge in [-0.1, -0.05) is 36.4 Å². The van der Waals surface area contributed by atoms with Crippen LogP contribution in [0.25, 0.3) is 21.8 Å². The van der Waals surface area contributed by atoms with Crippen molar-refractivity contribution in [1.29, 1.82) is 0 Å². The minimum absolute atomic E-state index is 0.00147. The molecule has 3 atom stereocenters. The molecular weight excluding hydrogens is 530 g/mol. The van der Waals surface area contributed by atoms with Gasteiger partial charge < -0.3 is 42.5 Å². The molecule has 2 heterocycles. The molecule has 0 aliphatic rings. The molecule has 0 saturated heterocycles. The number of primary amides is 1. The minimum atomic E-state index is -1.58. The molecule has 2 aromatic heterocycles. The number of carbonyl (C=O) groups is 5. The second kappa shape index (κ2) is 12.8. The van der Waals surface area contributed by atoms with Crippen LogP contribution in [-0.4, -0.2) is 69.3 Å². The van der Waals surface area contributed by atoms with Gasteiger partial charge in [-0.3, -0.25) is 19.2 Å². The van der Waals surface area contributed by atoms with Gasteiger partial charge in [-0.2, -0.15) is 0 Å². The fourth-order valence-corrected chi connectivity index (χ4v) is 4.58. The average molecular weight is 562 g/mol. The highest BCUT2D eigenvalue weighted by Gasteiger charge is 2.29. The van der Waals surface area contributed by atoms with Crippen molar-refractivity contribution < 1.29 is 29.1 Å². The first-order valence-electron chi connectivity index (χ1n) is 12.9. The van der Waals surface area contributed by atoms with E-state index in [0.29, 0.717) is 5.56 Å². The fraction of sp³-hybridized carbons (Fsp3) is 0.250. The number of rotatable bonds is 13. The monoisotopic (exact) mass is 561 g/mol. The van der Waals surface area contributed by atoms with E-state index in [9.17, 15) is 29.1 Å². The van der Waals surface area contributed by atoms with Gasteiger partial charge in [0, 0.05) is 40.6 Å². The van der Waals surface area contributed by atoms with Crippen LogP contribution in [0.2, 0.25) is 0 Å². The summed E-state index contributed by atoms with van der Waals surface area (Å²) in [5.74, 6) is -4.46. The van der Waals surface area contributed by atoms with E-state index in [2.05, 4.69) is 25.9 Å². The first-order valence-corrected chi connectivity index (χ1v) is 12.9. The number of carbonyl (C=O) groups excluding carboxylic acids is 4. The van der Waals surface area contributed by atoms with Gasteiger partial charge in [-0.05, 0) is 29.7 Å². The lowest BCUT2D eigenvalue weighted by atomic mass is 10.0. The normalized spacial score (nSPS) is 13.3. The van der Waals surface area contributed by atoms with E-state index in [1.807, 2.05) is 48.5 Å². The molecule has 0 bridgehead atoms. The van der Waals surface area contributed by atoms with Crippen molar-refractivity contribution in [3.63, 3.8) is 0 Å². The Labute approximate surface area is 234 Å². The average Bonchev–Trinajstić information content (AvgIpc) is 3.54. The molecule has 4 aromatic rings. The van der Waals surface area contributed by atoms with Crippen LogP contribution in [0.5, 0.6) is 0 Å². The number of H-pyrrole nitrogens is 2. The molecule has 0 saturated carbocycles. The lowest BCUT2D eigenvalue weighted by Gasteiger charge is -2.21. The summed E-state index contributed by atoms with van der Waals surface area (Å²) in [5, 5.41) is 18.4. The van der Waals surface area contributed by atoms with Crippen molar-refractivity contribution in [2.45, 2.75) is 37.4 Å². The van der Waals surface area contributed by atoms with E-state index in [1.165, 1.54) is 0 Å². The summed E-state index contributed by atoms with van der Waals surface area (Å²) >= 11 is 0. The van der Waals surface area contributed by atoms with Gasteiger partial charge >= 0.3 is 5.97 Å². The van der Waals surface area contributed by atoms with E-state index in [1.54, 1.807) is 12.4 Å². The van der Waals surface area contributed by atoms with Gasteiger partial charge in [0.25, 0.3) is 0 Å². The quantitative estimate of drug-likeness (QED) is 0.110. The maximum absolute atomic E-state index is 13.1. The third-order valence-electron chi connectivity index (χ3n) is 6.65. The first-order chi connectivity index (χ1) is 19.6. The molecule has 4 rings (SSSR count). The zero-order valence-corrected chi connectivity index (χ0v) is 22.0. The SMILES string of the molecule is NC(=O)CC(NC(=O)C(Cc1c[nH]c2ccccc12)NC(=O)CNC(=O)C(N)Cc1c[nH]c2ccccc12)C(=O)O. The second-order valence-electron chi connectivity index (χ2n) is 9.64. The van der Waals surface area contributed by atoms with E-state index >= 15 is 0 Å². The predicted molar refractivity (Wildman–Crippen MR) is 150 cm³/mol. The Morgan fingerprint density at radius 2 is 1.34 bits per heavy atom. The highest BCUT2D eigenvalue weighted by molar-refractivity contribution is 5.94. The highest BCUT2D eigenvalue weighted by atomic mass is 16.4. The summed E-state index contributed by atoms with van der Waals surface area (Å²) in [7, 11) is 0. The number of nitrogens with two attached hydrogens (primary N) is 2. The maximum atomic E-state index is 13.1. The molecule has 3 unspecified atom stereocenters. The number of para-hydroxylation sites is 2. The molecule has 0 spiro atoms. The number of carboxylic acids is 1. The Kier molecular flexibility index (Phi) is 8.99. The lowest BCUT2D eigenvalue weighted by molar-refractivity contribution is -0.143. The van der Waals surface area contributed by atoms with E-state index in [4.69, 9.17) is 11.5 Å². The van der Waals surface area contributed by atoms with Crippen molar-refractivity contribution in [1.82, 2.24) is 25.9 Å². The third kappa shape index (κ3) is 7.28. The van der Waals surface area contributed by atoms with Crippen LogP contribution in [0, 0.1) is 0 Å². The van der Waals surface area contributed by atoms with Crippen LogP contribution in [-0.2, 0) is 36.8 Å². The molecule has 214 valence electrons. The number of aromatic amines is 2. The van der Waals surface area contributed by atoms with Crippen molar-refractivity contribution in [2.24, 2.45) is 11.5 Å². The van der Waals surface area contributed by atoms with Gasteiger partial charge in [-0.15, -0.1) is 0 Å². The van der Waals surface area contributed by atoms with Crippen molar-refractivity contribution in [3.05, 3.63) is 72.1 Å². The number of carboxylic acid groups (broad SMARTS) is 1. The summed E-state index contributed by atoms with van der Waals surface area (Å²) in [6, 6.07) is 11.2. The molecule has 0 aliphatic heterocycles. The van der Waals surface area contributed by atoms with Gasteiger partial charge in [0.05, 0.1) is 19.0 Å². The lowest BCUT2D eigenvalue weighted by Crippen LogP contribution is -2.55. The topological polar surface area (TPSA) is 225 Å². The largest absolute Gasteiger partial charge is 0.480 e. The number of aliphatic carboxylic acids is 1. The fourth-order valence-electron chi connectivity index (χ4n) is 4.58. The Hall–Kier alpha value is -5.17. The maximum Gasteiger partial charge on any atom is 0.326 e. The molecule has 0 radical (unpaired) electrons. The molecule has 13 heteroatoms. The number of amides is 4. The number of hydrogen-bond acceptors (Lipinski definition) is 6. The molecule has 2 aromatic carbocycles. The zero-order chi connectivity index (χ0) is 29.5. The van der Waals surface area contributed by atoms with Gasteiger partial charge in [0.2, 0.25) is 23.6 Å². The van der Waals surface area contributed by atoms with Crippen molar-refractivity contribution in [2.75, 3.05) is 6.54 Å². The zero-order valence-electron chi connectivity index (χ0n) is 22.0. The van der Waals surface area contributed by atoms with Crippen LogP contribution < -0.4 is 27.4 Å². The van der Waals surface area contributed by atoms with Crippen molar-refractivity contribution >= 4 is 51.4 Å². The Bertz CT molecular complexity index is 1590. The van der Waals surface area contributed by atoms with E-state index < -0.39 is 60.7 Å². The van der Waals surface area contributed by atoms with Crippen LogP contribution in [0.4, 0.5) is 0 Å². The third-order valence-corrected chi connectivity index (χ3v) is 6.65. The number of nitrogens with one attached hydrogen (secondary N) is 5. The summed E-state index contributed by atoms with van der Waals surface area (Å²) in [6.07, 6.45) is 3.07. The van der Waals surface area contributed by atoms with Crippen LogP contribution in [0.15, 0.2) is 60.9 Å². The highest BCUT2D eigenvalue weighted by Crippen LogP contribution is 2.20. The standard InChI is InChI=1S/C28H31N7O6/c29-19(9-15-12-31-20-7-3-1-5-17(15)20)26(38)33-14-25(37)34-22(27(39)35-23(28(40)41)11-24(30)36)10-16-13-32-21-8-4-2-6-18(16)21/h1-8,12-13,19,22-23,31-32H,9-11,14,29H2,(H2,30,36)(H,33,38)(H,34,37)(H,35,39)(H,40,41). The van der Waals surface area contributed by atoms with Gasteiger partial charge in [-0.25, -0.2) is 4.79 Å². The molecule has 13 nitrogen and oxygen atoms in total. The summed E-state index contributed by atoms with van der Waals surface area (Å²) < 4.78 is 0. The predicted octanol–water partition coefficient (Wildman–Crippen LogP) is -0.192. The van der Waals surface area contributed by atoms with Crippen LogP contribution >= 0.6 is 0 Å². The molecular formula is C28H31N7O6. The van der Waals surface area contributed by atoms with Crippen LogP contribution in [0.3, 0.4) is 0 Å². The first kappa shape index (κ1) is 28.8. The number of aromatic nitrogens is 2. The van der Waals surface area contributed by atoms with Gasteiger partial charge in [0.1, 0.15) is 12.1 Å². The smallest absolute Gasteiger partial charge is 0.326 e. The summed E-state index contributed by atoms with van der Waals surface area (Å²) in [6.45, 7) is -0.471. The summed E-state index contributed by atoms with van der Waals surface area (Å²) in [4.78, 5) is 67.6. The molecule has 0 aliphatic carbocycles. The molecule has 0 fully saturated rings. The Morgan fingerprint density at radius 1 is 0.780 bits per heavy atom. The molecule has 41 heavy (non-hydrogen) atoms. The minimum Gasteiger partial charge on any atom is -0.480 e. The molecule has 10 N–H and O–H groups in total. The Morgan fingerprint density at radius 3 is 1.90 bits per heavy atom.